The molecule has 21 heavy (non-hydrogen) atoms. The highest BCUT2D eigenvalue weighted by Crippen LogP contribution is 2.17. The van der Waals surface area contributed by atoms with Crippen LogP contribution in [0.1, 0.15) is 15.9 Å². The van der Waals surface area contributed by atoms with E-state index in [9.17, 15) is 9.18 Å². The third kappa shape index (κ3) is 4.18. The lowest BCUT2D eigenvalue weighted by Crippen LogP contribution is -2.49. The van der Waals surface area contributed by atoms with Crippen LogP contribution >= 0.6 is 11.8 Å². The van der Waals surface area contributed by atoms with Gasteiger partial charge in [-0.3, -0.25) is 9.69 Å². The number of thioether (sulfide) groups is 1. The molecule has 0 aromatic heterocycles. The van der Waals surface area contributed by atoms with Crippen LogP contribution in [0.2, 0.25) is 0 Å². The number of benzene rings is 1. The van der Waals surface area contributed by atoms with Crippen LogP contribution in [0.25, 0.3) is 0 Å². The van der Waals surface area contributed by atoms with E-state index >= 15 is 0 Å². The van der Waals surface area contributed by atoms with Crippen LogP contribution in [-0.4, -0.2) is 66.4 Å². The lowest BCUT2D eigenvalue weighted by Gasteiger charge is -2.34. The van der Waals surface area contributed by atoms with E-state index in [0.717, 1.165) is 13.1 Å². The summed E-state index contributed by atoms with van der Waals surface area (Å²) >= 11 is 1.54. The fourth-order valence-electron chi connectivity index (χ4n) is 2.47. The molecule has 1 saturated heterocycles. The van der Waals surface area contributed by atoms with Crippen molar-refractivity contribution in [2.24, 2.45) is 0 Å². The summed E-state index contributed by atoms with van der Waals surface area (Å²) in [7, 11) is 0. The summed E-state index contributed by atoms with van der Waals surface area (Å²) in [6.45, 7) is 3.62. The van der Waals surface area contributed by atoms with Gasteiger partial charge in [-0.2, -0.15) is 11.8 Å². The number of amides is 1. The molecule has 1 aromatic carbocycles. The van der Waals surface area contributed by atoms with E-state index in [4.69, 9.17) is 5.11 Å². The number of piperazine rings is 1. The summed E-state index contributed by atoms with van der Waals surface area (Å²) < 4.78 is 13.6. The van der Waals surface area contributed by atoms with Crippen LogP contribution in [0.15, 0.2) is 18.2 Å². The molecule has 0 aliphatic carbocycles. The number of nitrogens with zero attached hydrogens (tertiary/aromatic N) is 2. The molecule has 1 aliphatic rings. The molecule has 116 valence electrons. The predicted octanol–water partition coefficient (Wildman–Crippen LogP) is 1.44. The fraction of sp³-hybridized carbons (Fsp3) is 0.533. The highest BCUT2D eigenvalue weighted by atomic mass is 32.2. The second kappa shape index (κ2) is 7.77. The van der Waals surface area contributed by atoms with Gasteiger partial charge in [0.25, 0.3) is 5.91 Å². The average Bonchev–Trinajstić information content (AvgIpc) is 2.50. The second-order valence-corrected chi connectivity index (χ2v) is 5.96. The van der Waals surface area contributed by atoms with Crippen molar-refractivity contribution in [2.45, 2.75) is 5.75 Å². The molecule has 0 bridgehead atoms. The molecule has 1 N–H and O–H groups in total. The normalized spacial score (nSPS) is 16.2. The van der Waals surface area contributed by atoms with Gasteiger partial charge in [-0.15, -0.1) is 0 Å². The van der Waals surface area contributed by atoms with Gasteiger partial charge >= 0.3 is 0 Å². The molecule has 1 aliphatic heterocycles. The van der Waals surface area contributed by atoms with Gasteiger partial charge in [-0.05, 0) is 30.0 Å². The largest absolute Gasteiger partial charge is 0.395 e. The Hall–Kier alpha value is -1.11. The standard InChI is InChI=1S/C15H21FN2O2S/c1-21-11-13-10-12(2-3-14(13)16)15(20)18-6-4-17(5-7-18)8-9-19/h2-3,10,19H,4-9,11H2,1H3. The predicted molar refractivity (Wildman–Crippen MR) is 83.0 cm³/mol. The Balaban J connectivity index is 2.02. The van der Waals surface area contributed by atoms with Gasteiger partial charge in [0, 0.05) is 44.0 Å². The Labute approximate surface area is 128 Å². The summed E-state index contributed by atoms with van der Waals surface area (Å²) in [5, 5.41) is 8.92. The van der Waals surface area contributed by atoms with E-state index in [0.29, 0.717) is 36.5 Å². The van der Waals surface area contributed by atoms with Gasteiger partial charge in [0.05, 0.1) is 6.61 Å². The maximum atomic E-state index is 13.6. The van der Waals surface area contributed by atoms with Crippen LogP contribution < -0.4 is 0 Å². The number of rotatable bonds is 5. The number of carbonyl (C=O) groups excluding carboxylic acids is 1. The first-order chi connectivity index (χ1) is 10.2. The zero-order chi connectivity index (χ0) is 15.2. The van der Waals surface area contributed by atoms with Gasteiger partial charge in [0.15, 0.2) is 0 Å². The Morgan fingerprint density at radius 2 is 2.05 bits per heavy atom. The zero-order valence-corrected chi connectivity index (χ0v) is 13.0. The van der Waals surface area contributed by atoms with Gasteiger partial charge in [-0.1, -0.05) is 0 Å². The van der Waals surface area contributed by atoms with Crippen molar-refractivity contribution in [3.63, 3.8) is 0 Å². The zero-order valence-electron chi connectivity index (χ0n) is 12.2. The number of aliphatic hydroxyl groups excluding tert-OH is 1. The number of halogens is 1. The number of carbonyl (C=O) groups is 1. The van der Waals surface area contributed by atoms with E-state index in [-0.39, 0.29) is 18.3 Å². The van der Waals surface area contributed by atoms with E-state index in [2.05, 4.69) is 4.90 Å². The minimum absolute atomic E-state index is 0.0407. The highest BCUT2D eigenvalue weighted by molar-refractivity contribution is 7.97. The first-order valence-corrected chi connectivity index (χ1v) is 8.45. The molecule has 6 heteroatoms. The minimum Gasteiger partial charge on any atom is -0.395 e. The Kier molecular flexibility index (Phi) is 6.02. The van der Waals surface area contributed by atoms with Crippen molar-refractivity contribution in [1.82, 2.24) is 9.80 Å². The molecular weight excluding hydrogens is 291 g/mol. The van der Waals surface area contributed by atoms with Gasteiger partial charge in [0.1, 0.15) is 5.82 Å². The molecule has 1 heterocycles. The van der Waals surface area contributed by atoms with Gasteiger partial charge in [-0.25, -0.2) is 4.39 Å². The summed E-state index contributed by atoms with van der Waals surface area (Å²) in [5.74, 6) is 0.270. The molecule has 0 unspecified atom stereocenters. The van der Waals surface area contributed by atoms with Crippen molar-refractivity contribution in [2.75, 3.05) is 45.6 Å². The van der Waals surface area contributed by atoms with Crippen LogP contribution in [0.5, 0.6) is 0 Å². The minimum atomic E-state index is -0.256. The molecule has 0 saturated carbocycles. The van der Waals surface area contributed by atoms with Crippen molar-refractivity contribution in [3.8, 4) is 0 Å². The number of hydrogen-bond acceptors (Lipinski definition) is 4. The maximum Gasteiger partial charge on any atom is 0.253 e. The first-order valence-electron chi connectivity index (χ1n) is 7.05. The fourth-order valence-corrected chi connectivity index (χ4v) is 3.00. The lowest BCUT2D eigenvalue weighted by molar-refractivity contribution is 0.0615. The van der Waals surface area contributed by atoms with Crippen LogP contribution in [-0.2, 0) is 5.75 Å². The molecule has 0 spiro atoms. The van der Waals surface area contributed by atoms with E-state index in [1.54, 1.807) is 17.0 Å². The number of β-amino-alcohol motifs (C(OH)–C–C–N with tert-alkyl or cyclic N) is 1. The van der Waals surface area contributed by atoms with E-state index in [1.165, 1.54) is 17.8 Å². The second-order valence-electron chi connectivity index (χ2n) is 5.10. The van der Waals surface area contributed by atoms with E-state index < -0.39 is 0 Å². The Bertz CT molecular complexity index is 491. The lowest BCUT2D eigenvalue weighted by atomic mass is 10.1. The Morgan fingerprint density at radius 3 is 2.67 bits per heavy atom. The van der Waals surface area contributed by atoms with Gasteiger partial charge in [0.2, 0.25) is 0 Å². The average molecular weight is 312 g/mol. The topological polar surface area (TPSA) is 43.8 Å². The number of aliphatic hydroxyl groups is 1. The molecule has 4 nitrogen and oxygen atoms in total. The third-order valence-corrected chi connectivity index (χ3v) is 4.27. The van der Waals surface area contributed by atoms with Crippen molar-refractivity contribution >= 4 is 17.7 Å². The van der Waals surface area contributed by atoms with Crippen LogP contribution in [0.4, 0.5) is 4.39 Å². The summed E-state index contributed by atoms with van der Waals surface area (Å²) in [6.07, 6.45) is 1.91. The molecule has 1 fully saturated rings. The highest BCUT2D eigenvalue weighted by Gasteiger charge is 2.22. The van der Waals surface area contributed by atoms with Crippen LogP contribution in [0, 0.1) is 5.82 Å². The molecule has 2 rings (SSSR count). The monoisotopic (exact) mass is 312 g/mol. The van der Waals surface area contributed by atoms with Gasteiger partial charge < -0.3 is 10.0 Å². The quantitative estimate of drug-likeness (QED) is 0.893. The maximum absolute atomic E-state index is 13.6. The SMILES string of the molecule is CSCc1cc(C(=O)N2CCN(CCO)CC2)ccc1F. The molecule has 0 atom stereocenters. The van der Waals surface area contributed by atoms with Crippen molar-refractivity contribution in [3.05, 3.63) is 35.1 Å². The third-order valence-electron chi connectivity index (χ3n) is 3.67. The van der Waals surface area contributed by atoms with Crippen LogP contribution in [0.3, 0.4) is 0 Å². The molecule has 0 radical (unpaired) electrons. The molecular formula is C15H21FN2O2S. The first kappa shape index (κ1) is 16.3. The number of hydrogen-bond donors (Lipinski definition) is 1. The molecule has 1 aromatic rings. The summed E-state index contributed by atoms with van der Waals surface area (Å²) in [5.41, 5.74) is 1.13. The molecule has 1 amide bonds. The van der Waals surface area contributed by atoms with Crippen molar-refractivity contribution < 1.29 is 14.3 Å². The van der Waals surface area contributed by atoms with Crippen molar-refractivity contribution in [1.29, 1.82) is 0 Å². The van der Waals surface area contributed by atoms with E-state index in [1.807, 2.05) is 6.26 Å². The Morgan fingerprint density at radius 1 is 1.33 bits per heavy atom. The smallest absolute Gasteiger partial charge is 0.253 e. The summed E-state index contributed by atoms with van der Waals surface area (Å²) in [4.78, 5) is 16.4. The summed E-state index contributed by atoms with van der Waals surface area (Å²) in [6, 6.07) is 4.59.